The molecule has 106 valence electrons. The quantitative estimate of drug-likeness (QED) is 0.519. The number of hydrogen-bond donors (Lipinski definition) is 0. The largest absolute Gasteiger partial charge is 0.508 e. The second kappa shape index (κ2) is 9.56. The molecule has 0 aromatic carbocycles. The van der Waals surface area contributed by atoms with Gasteiger partial charge in [-0.2, -0.15) is 0 Å². The Kier molecular flexibility index (Phi) is 8.78. The number of unbranched alkanes of at least 4 members (excludes halogenated alkanes) is 1. The van der Waals surface area contributed by atoms with E-state index < -0.39 is 18.4 Å². The minimum absolute atomic E-state index is 0.0574. The average molecular weight is 262 g/mol. The number of carbonyl (C=O) groups excluding carboxylic acids is 2. The number of hydrogen-bond acceptors (Lipinski definition) is 6. The van der Waals surface area contributed by atoms with Gasteiger partial charge in [0.1, 0.15) is 12.7 Å². The smallest absolute Gasteiger partial charge is 0.434 e. The van der Waals surface area contributed by atoms with E-state index in [9.17, 15) is 9.59 Å². The molecule has 0 aliphatic rings. The molecule has 0 heterocycles. The fourth-order valence-electron chi connectivity index (χ4n) is 0.945. The summed E-state index contributed by atoms with van der Waals surface area (Å²) in [7, 11) is 0. The molecule has 0 rings (SSSR count). The molecule has 1 unspecified atom stereocenters. The van der Waals surface area contributed by atoms with Crippen molar-refractivity contribution in [2.24, 2.45) is 0 Å². The summed E-state index contributed by atoms with van der Waals surface area (Å²) in [4.78, 5) is 22.2. The predicted molar refractivity (Wildman–Crippen MR) is 64.4 cm³/mol. The number of ether oxygens (including phenoxy) is 4. The lowest BCUT2D eigenvalue weighted by molar-refractivity contribution is -0.0194. The standard InChI is InChI=1S/C12H22O6/c1-5-6-7-15-11(13)16-8-10(4)18-12(14)17-9(2)3/h9-10H,5-8H2,1-4H3. The summed E-state index contributed by atoms with van der Waals surface area (Å²) in [6.45, 7) is 7.30. The van der Waals surface area contributed by atoms with E-state index in [1.165, 1.54) is 0 Å². The van der Waals surface area contributed by atoms with Gasteiger partial charge >= 0.3 is 12.3 Å². The second-order valence-corrected chi connectivity index (χ2v) is 4.11. The lowest BCUT2D eigenvalue weighted by atomic mass is 10.4. The van der Waals surface area contributed by atoms with Crippen molar-refractivity contribution in [2.45, 2.75) is 52.7 Å². The maximum Gasteiger partial charge on any atom is 0.508 e. The van der Waals surface area contributed by atoms with Crippen LogP contribution in [0.15, 0.2) is 0 Å². The van der Waals surface area contributed by atoms with Gasteiger partial charge in [-0.3, -0.25) is 0 Å². The van der Waals surface area contributed by atoms with Crippen molar-refractivity contribution in [3.63, 3.8) is 0 Å². The Balaban J connectivity index is 3.66. The second-order valence-electron chi connectivity index (χ2n) is 4.11. The van der Waals surface area contributed by atoms with Crippen LogP contribution in [-0.2, 0) is 18.9 Å². The molecule has 6 nitrogen and oxygen atoms in total. The van der Waals surface area contributed by atoms with Crippen LogP contribution in [0.1, 0.15) is 40.5 Å². The van der Waals surface area contributed by atoms with Crippen LogP contribution < -0.4 is 0 Å². The van der Waals surface area contributed by atoms with Crippen LogP contribution >= 0.6 is 0 Å². The van der Waals surface area contributed by atoms with E-state index in [1.54, 1.807) is 20.8 Å². The first-order valence-electron chi connectivity index (χ1n) is 6.12. The molecule has 0 radical (unpaired) electrons. The fraction of sp³-hybridized carbons (Fsp3) is 0.833. The van der Waals surface area contributed by atoms with E-state index in [0.29, 0.717) is 6.61 Å². The van der Waals surface area contributed by atoms with Crippen LogP contribution in [0.5, 0.6) is 0 Å². The molecular formula is C12H22O6. The van der Waals surface area contributed by atoms with Crippen molar-refractivity contribution in [3.05, 3.63) is 0 Å². The molecule has 0 aromatic heterocycles. The van der Waals surface area contributed by atoms with Crippen molar-refractivity contribution in [3.8, 4) is 0 Å². The molecule has 0 spiro atoms. The third-order valence-electron chi connectivity index (χ3n) is 1.78. The summed E-state index contributed by atoms with van der Waals surface area (Å²) in [6, 6.07) is 0. The lowest BCUT2D eigenvalue weighted by Crippen LogP contribution is -2.24. The summed E-state index contributed by atoms with van der Waals surface area (Å²) >= 11 is 0. The fourth-order valence-corrected chi connectivity index (χ4v) is 0.945. The molecule has 6 heteroatoms. The SMILES string of the molecule is CCCCOC(=O)OCC(C)OC(=O)OC(C)C. The molecule has 0 saturated heterocycles. The molecular weight excluding hydrogens is 240 g/mol. The highest BCUT2D eigenvalue weighted by Gasteiger charge is 2.14. The molecule has 0 amide bonds. The van der Waals surface area contributed by atoms with Crippen LogP contribution in [0.2, 0.25) is 0 Å². The van der Waals surface area contributed by atoms with E-state index >= 15 is 0 Å². The van der Waals surface area contributed by atoms with Gasteiger partial charge in [0.2, 0.25) is 0 Å². The summed E-state index contributed by atoms with van der Waals surface area (Å²) in [5.74, 6) is 0. The lowest BCUT2D eigenvalue weighted by Gasteiger charge is -2.14. The van der Waals surface area contributed by atoms with Gasteiger partial charge in [-0.05, 0) is 27.2 Å². The Morgan fingerprint density at radius 1 is 1.00 bits per heavy atom. The van der Waals surface area contributed by atoms with E-state index in [4.69, 9.17) is 18.9 Å². The Bertz CT molecular complexity index is 251. The van der Waals surface area contributed by atoms with Gasteiger partial charge < -0.3 is 18.9 Å². The van der Waals surface area contributed by atoms with Crippen LogP contribution in [0, 0.1) is 0 Å². The maximum atomic E-state index is 11.1. The Labute approximate surface area is 108 Å². The van der Waals surface area contributed by atoms with Crippen molar-refractivity contribution < 1.29 is 28.5 Å². The molecule has 0 aromatic rings. The Hall–Kier alpha value is -1.46. The van der Waals surface area contributed by atoms with Gasteiger partial charge in [0.05, 0.1) is 12.7 Å². The normalized spacial score (nSPS) is 11.8. The van der Waals surface area contributed by atoms with Gasteiger partial charge in [0, 0.05) is 0 Å². The van der Waals surface area contributed by atoms with Crippen LogP contribution in [-0.4, -0.2) is 37.7 Å². The van der Waals surface area contributed by atoms with E-state index in [0.717, 1.165) is 12.8 Å². The molecule has 0 N–H and O–H groups in total. The zero-order valence-corrected chi connectivity index (χ0v) is 11.4. The Morgan fingerprint density at radius 2 is 1.67 bits per heavy atom. The molecule has 18 heavy (non-hydrogen) atoms. The van der Waals surface area contributed by atoms with E-state index in [-0.39, 0.29) is 12.7 Å². The third kappa shape index (κ3) is 9.74. The van der Waals surface area contributed by atoms with E-state index in [2.05, 4.69) is 0 Å². The average Bonchev–Trinajstić information content (AvgIpc) is 2.25. The molecule has 0 aliphatic heterocycles. The van der Waals surface area contributed by atoms with Gasteiger partial charge in [0.25, 0.3) is 0 Å². The Morgan fingerprint density at radius 3 is 2.22 bits per heavy atom. The van der Waals surface area contributed by atoms with Crippen molar-refractivity contribution >= 4 is 12.3 Å². The zero-order chi connectivity index (χ0) is 14.0. The first-order chi connectivity index (χ1) is 8.45. The molecule has 0 fully saturated rings. The topological polar surface area (TPSA) is 71.1 Å². The molecule has 0 aliphatic carbocycles. The summed E-state index contributed by atoms with van der Waals surface area (Å²) < 4.78 is 19.1. The van der Waals surface area contributed by atoms with Crippen LogP contribution in [0.3, 0.4) is 0 Å². The number of rotatable bonds is 7. The van der Waals surface area contributed by atoms with Gasteiger partial charge in [-0.15, -0.1) is 0 Å². The highest BCUT2D eigenvalue weighted by molar-refractivity contribution is 5.61. The predicted octanol–water partition coefficient (Wildman–Crippen LogP) is 2.89. The number of carbonyl (C=O) groups is 2. The summed E-state index contributed by atoms with van der Waals surface area (Å²) in [5, 5.41) is 0. The minimum Gasteiger partial charge on any atom is -0.434 e. The van der Waals surface area contributed by atoms with E-state index in [1.807, 2.05) is 6.92 Å². The molecule has 0 saturated carbocycles. The van der Waals surface area contributed by atoms with Crippen LogP contribution in [0.25, 0.3) is 0 Å². The highest BCUT2D eigenvalue weighted by Crippen LogP contribution is 2.00. The first-order valence-corrected chi connectivity index (χ1v) is 6.12. The maximum absolute atomic E-state index is 11.1. The molecule has 1 atom stereocenters. The zero-order valence-electron chi connectivity index (χ0n) is 11.4. The minimum atomic E-state index is -0.777. The monoisotopic (exact) mass is 262 g/mol. The van der Waals surface area contributed by atoms with Crippen molar-refractivity contribution in [2.75, 3.05) is 13.2 Å². The highest BCUT2D eigenvalue weighted by atomic mass is 16.8. The summed E-state index contributed by atoms with van der Waals surface area (Å²) in [6.07, 6.45) is -0.619. The first kappa shape index (κ1) is 16.5. The van der Waals surface area contributed by atoms with Gasteiger partial charge in [-0.1, -0.05) is 13.3 Å². The third-order valence-corrected chi connectivity index (χ3v) is 1.78. The van der Waals surface area contributed by atoms with Crippen molar-refractivity contribution in [1.29, 1.82) is 0 Å². The summed E-state index contributed by atoms with van der Waals surface area (Å²) in [5.41, 5.74) is 0. The van der Waals surface area contributed by atoms with Crippen molar-refractivity contribution in [1.82, 2.24) is 0 Å². The van der Waals surface area contributed by atoms with Gasteiger partial charge in [-0.25, -0.2) is 9.59 Å². The van der Waals surface area contributed by atoms with Crippen LogP contribution in [0.4, 0.5) is 9.59 Å². The van der Waals surface area contributed by atoms with Gasteiger partial charge in [0.15, 0.2) is 0 Å². The molecule has 0 bridgehead atoms.